The van der Waals surface area contributed by atoms with Gasteiger partial charge in [-0.2, -0.15) is 5.10 Å². The Hall–Kier alpha value is -2.12. The van der Waals surface area contributed by atoms with E-state index < -0.39 is 5.97 Å². The van der Waals surface area contributed by atoms with E-state index in [1.807, 2.05) is 6.92 Å². The number of hydrogen-bond donors (Lipinski definition) is 4. The number of rotatable bonds is 10. The molecule has 8 heteroatoms. The molecule has 0 fully saturated rings. The molecule has 1 atom stereocenters. The largest absolute Gasteiger partial charge is 0.481 e. The van der Waals surface area contributed by atoms with Crippen molar-refractivity contribution in [3.63, 3.8) is 0 Å². The molecule has 118 valence electrons. The van der Waals surface area contributed by atoms with E-state index in [1.54, 1.807) is 0 Å². The second kappa shape index (κ2) is 9.73. The Morgan fingerprint density at radius 1 is 1.33 bits per heavy atom. The molecule has 0 spiro atoms. The third-order valence-corrected chi connectivity index (χ3v) is 3.29. The normalized spacial score (nSPS) is 11.9. The number of carbonyl (C=O) groups is 2. The minimum atomic E-state index is -0.772. The molecule has 0 aromatic carbocycles. The van der Waals surface area contributed by atoms with Gasteiger partial charge in [0.15, 0.2) is 0 Å². The van der Waals surface area contributed by atoms with Crippen molar-refractivity contribution in [1.82, 2.24) is 25.8 Å². The number of nitrogens with zero attached hydrogens (tertiary/aromatic N) is 2. The molecule has 2 amide bonds. The number of hydrogen-bond acceptors (Lipinski definition) is 4. The zero-order valence-corrected chi connectivity index (χ0v) is 12.3. The number of urea groups is 1. The van der Waals surface area contributed by atoms with Crippen molar-refractivity contribution in [1.29, 1.82) is 0 Å². The summed E-state index contributed by atoms with van der Waals surface area (Å²) in [5.74, 6) is 0.289. The van der Waals surface area contributed by atoms with Crippen LogP contribution >= 0.6 is 0 Å². The Kier molecular flexibility index (Phi) is 7.85. The summed E-state index contributed by atoms with van der Waals surface area (Å²) in [6, 6.07) is -0.220. The lowest BCUT2D eigenvalue weighted by molar-refractivity contribution is -0.137. The van der Waals surface area contributed by atoms with Gasteiger partial charge < -0.3 is 15.7 Å². The molecule has 1 unspecified atom stereocenters. The van der Waals surface area contributed by atoms with Gasteiger partial charge in [0.05, 0.1) is 0 Å². The number of aromatic amines is 1. The van der Waals surface area contributed by atoms with Gasteiger partial charge in [0.1, 0.15) is 12.2 Å². The first-order chi connectivity index (χ1) is 10.1. The summed E-state index contributed by atoms with van der Waals surface area (Å²) >= 11 is 0. The topological polar surface area (TPSA) is 120 Å². The average molecular weight is 297 g/mol. The molecule has 0 aliphatic carbocycles. The third kappa shape index (κ3) is 7.91. The van der Waals surface area contributed by atoms with Gasteiger partial charge in [-0.3, -0.25) is 9.89 Å². The molecule has 1 aromatic heterocycles. The lowest BCUT2D eigenvalue weighted by atomic mass is 9.97. The van der Waals surface area contributed by atoms with Crippen molar-refractivity contribution in [3.05, 3.63) is 12.2 Å². The van der Waals surface area contributed by atoms with E-state index in [2.05, 4.69) is 25.8 Å². The van der Waals surface area contributed by atoms with Gasteiger partial charge in [-0.15, -0.1) is 0 Å². The predicted molar refractivity (Wildman–Crippen MR) is 76.8 cm³/mol. The number of aromatic nitrogens is 3. The molecule has 0 bridgehead atoms. The van der Waals surface area contributed by atoms with Gasteiger partial charge in [0.2, 0.25) is 0 Å². The number of aliphatic carboxylic acids is 1. The number of carbonyl (C=O) groups excluding carboxylic acids is 1. The van der Waals surface area contributed by atoms with Crippen LogP contribution in [0, 0.1) is 5.92 Å². The van der Waals surface area contributed by atoms with Gasteiger partial charge in [-0.25, -0.2) is 9.78 Å². The van der Waals surface area contributed by atoms with E-state index in [4.69, 9.17) is 5.11 Å². The van der Waals surface area contributed by atoms with Crippen molar-refractivity contribution in [2.24, 2.45) is 5.92 Å². The van der Waals surface area contributed by atoms with Gasteiger partial charge in [-0.05, 0) is 18.8 Å². The Labute approximate surface area is 123 Å². The Balaban J connectivity index is 2.07. The zero-order chi connectivity index (χ0) is 15.5. The maximum absolute atomic E-state index is 11.5. The smallest absolute Gasteiger partial charge is 0.314 e. The molecule has 1 rings (SSSR count). The number of H-pyrrole nitrogens is 1. The summed E-state index contributed by atoms with van der Waals surface area (Å²) < 4.78 is 0. The van der Waals surface area contributed by atoms with Crippen LogP contribution in [0.2, 0.25) is 0 Å². The van der Waals surface area contributed by atoms with Gasteiger partial charge in [-0.1, -0.05) is 13.3 Å². The number of nitrogens with one attached hydrogen (secondary N) is 3. The first-order valence-electron chi connectivity index (χ1n) is 7.19. The fraction of sp³-hybridized carbons (Fsp3) is 0.692. The van der Waals surface area contributed by atoms with Crippen LogP contribution in [0.4, 0.5) is 4.79 Å². The summed E-state index contributed by atoms with van der Waals surface area (Å²) in [5.41, 5.74) is 0. The van der Waals surface area contributed by atoms with E-state index in [0.29, 0.717) is 31.8 Å². The molecular formula is C13H23N5O3. The Morgan fingerprint density at radius 2 is 2.10 bits per heavy atom. The van der Waals surface area contributed by atoms with Gasteiger partial charge in [0.25, 0.3) is 0 Å². The van der Waals surface area contributed by atoms with E-state index >= 15 is 0 Å². The Morgan fingerprint density at radius 3 is 2.71 bits per heavy atom. The average Bonchev–Trinajstić information content (AvgIpc) is 2.95. The molecule has 1 heterocycles. The zero-order valence-electron chi connectivity index (χ0n) is 12.3. The summed E-state index contributed by atoms with van der Waals surface area (Å²) in [7, 11) is 0. The quantitative estimate of drug-likeness (QED) is 0.512. The molecular weight excluding hydrogens is 274 g/mol. The van der Waals surface area contributed by atoms with Crippen LogP contribution in [0.15, 0.2) is 6.33 Å². The van der Waals surface area contributed by atoms with Crippen molar-refractivity contribution < 1.29 is 14.7 Å². The summed E-state index contributed by atoms with van der Waals surface area (Å²) in [6.45, 7) is 3.06. The number of carboxylic acid groups (broad SMARTS) is 1. The van der Waals surface area contributed by atoms with Crippen molar-refractivity contribution in [3.8, 4) is 0 Å². The van der Waals surface area contributed by atoms with Crippen molar-refractivity contribution in [2.75, 3.05) is 13.1 Å². The second-order valence-electron chi connectivity index (χ2n) is 4.86. The molecule has 0 aliphatic rings. The van der Waals surface area contributed by atoms with Crippen LogP contribution in [0.5, 0.6) is 0 Å². The van der Waals surface area contributed by atoms with Crippen molar-refractivity contribution in [2.45, 2.75) is 39.0 Å². The molecule has 0 saturated carbocycles. The second-order valence-corrected chi connectivity index (χ2v) is 4.86. The van der Waals surface area contributed by atoms with Gasteiger partial charge >= 0.3 is 12.0 Å². The highest BCUT2D eigenvalue weighted by Gasteiger charge is 2.09. The number of carboxylic acids is 1. The molecule has 21 heavy (non-hydrogen) atoms. The fourth-order valence-electron chi connectivity index (χ4n) is 1.98. The monoisotopic (exact) mass is 297 g/mol. The summed E-state index contributed by atoms with van der Waals surface area (Å²) in [5, 5.41) is 20.6. The van der Waals surface area contributed by atoms with E-state index in [9.17, 15) is 9.59 Å². The predicted octanol–water partition coefficient (Wildman–Crippen LogP) is 0.927. The lowest BCUT2D eigenvalue weighted by Gasteiger charge is -2.14. The maximum Gasteiger partial charge on any atom is 0.314 e. The highest BCUT2D eigenvalue weighted by Crippen LogP contribution is 2.14. The van der Waals surface area contributed by atoms with E-state index in [1.165, 1.54) is 6.33 Å². The number of amides is 2. The SMILES string of the molecule is CCC(CCNC(=O)NCCc1ncn[nH]1)CCC(=O)O. The molecule has 1 aromatic rings. The standard InChI is InChI=1S/C13H23N5O3/c1-2-10(3-4-12(19)20)5-7-14-13(21)15-8-6-11-16-9-17-18-11/h9-10H,2-8H2,1H3,(H,19,20)(H2,14,15,21)(H,16,17,18). The van der Waals surface area contributed by atoms with E-state index in [-0.39, 0.29) is 12.5 Å². The van der Waals surface area contributed by atoms with Gasteiger partial charge in [0, 0.05) is 25.9 Å². The van der Waals surface area contributed by atoms with Crippen molar-refractivity contribution >= 4 is 12.0 Å². The van der Waals surface area contributed by atoms with Crippen LogP contribution in [0.3, 0.4) is 0 Å². The third-order valence-electron chi connectivity index (χ3n) is 3.29. The Bertz CT molecular complexity index is 421. The lowest BCUT2D eigenvalue weighted by Crippen LogP contribution is -2.37. The van der Waals surface area contributed by atoms with Crippen LogP contribution in [-0.2, 0) is 11.2 Å². The molecule has 0 saturated heterocycles. The molecule has 0 radical (unpaired) electrons. The summed E-state index contributed by atoms with van der Waals surface area (Å²) in [4.78, 5) is 26.0. The minimum absolute atomic E-state index is 0.182. The summed E-state index contributed by atoms with van der Waals surface area (Å²) in [6.07, 6.45) is 4.57. The highest BCUT2D eigenvalue weighted by atomic mass is 16.4. The van der Waals surface area contributed by atoms with Crippen LogP contribution < -0.4 is 10.6 Å². The minimum Gasteiger partial charge on any atom is -0.481 e. The maximum atomic E-state index is 11.5. The van der Waals surface area contributed by atoms with Crippen LogP contribution in [-0.4, -0.2) is 45.4 Å². The fourth-order valence-corrected chi connectivity index (χ4v) is 1.98. The molecule has 4 N–H and O–H groups in total. The molecule has 8 nitrogen and oxygen atoms in total. The molecule has 0 aliphatic heterocycles. The highest BCUT2D eigenvalue weighted by molar-refractivity contribution is 5.73. The van der Waals surface area contributed by atoms with E-state index in [0.717, 1.165) is 18.7 Å². The van der Waals surface area contributed by atoms with Crippen LogP contribution in [0.1, 0.15) is 38.4 Å². The first kappa shape index (κ1) is 16.9. The van der Waals surface area contributed by atoms with Crippen LogP contribution in [0.25, 0.3) is 0 Å². The first-order valence-corrected chi connectivity index (χ1v) is 7.19.